The molecule has 402 valence electrons. The van der Waals surface area contributed by atoms with Crippen LogP contribution in [0.25, 0.3) is 56.4 Å². The van der Waals surface area contributed by atoms with E-state index in [0.29, 0.717) is 0 Å². The van der Waals surface area contributed by atoms with Crippen LogP contribution < -0.4 is 0 Å². The maximum Gasteiger partial charge on any atom is 0.197 e. The Balaban J connectivity index is 1.36. The van der Waals surface area contributed by atoms with E-state index < -0.39 is 267 Å². The van der Waals surface area contributed by atoms with Crippen molar-refractivity contribution in [2.75, 3.05) is 0 Å². The van der Waals surface area contributed by atoms with E-state index in [1.807, 2.05) is 0 Å². The molecule has 7 rings (SSSR count). The van der Waals surface area contributed by atoms with Gasteiger partial charge in [-0.3, -0.25) is 0 Å². The van der Waals surface area contributed by atoms with Crippen molar-refractivity contribution >= 4 is 23.1 Å². The molecule has 5 aromatic rings. The smallest absolute Gasteiger partial charge is 0.197 e. The summed E-state index contributed by atoms with van der Waals surface area (Å²) in [6, 6.07) is -0.784. The predicted octanol–water partition coefficient (Wildman–Crippen LogP) is 18.4. The standard InChI is InChI=1S/C47H11F29/c1-6(48)25(54)19(22-34(63)20-21(43(72)44(22)73)32(61)14(53)5-13(52)31(20)60)30(59)11(50)4-9-28(57)40(69)23(41(70)29(9)58)24-45(74)36(65)16(37(66)46(24)75)8-2-10(49)17(39(68)27(8)56)18-26(55)7-3-12(51)33(62)47(76)38(67)15(7)35(64)42(18)71/h2,6H,3-5H2,1H3/b25-19+,30-11-. The molecule has 0 nitrogen and oxygen atoms in total. The van der Waals surface area contributed by atoms with Gasteiger partial charge >= 0.3 is 0 Å². The van der Waals surface area contributed by atoms with Crippen molar-refractivity contribution in [1.82, 2.24) is 0 Å². The lowest BCUT2D eigenvalue weighted by atomic mass is 9.91. The fourth-order valence-electron chi connectivity index (χ4n) is 7.78. The summed E-state index contributed by atoms with van der Waals surface area (Å²) >= 11 is 0. The summed E-state index contributed by atoms with van der Waals surface area (Å²) in [6.45, 7) is 0.00506. The van der Waals surface area contributed by atoms with Crippen LogP contribution in [0.1, 0.15) is 46.7 Å². The van der Waals surface area contributed by atoms with Crippen molar-refractivity contribution in [3.05, 3.63) is 185 Å². The van der Waals surface area contributed by atoms with Gasteiger partial charge in [-0.1, -0.05) is 0 Å². The molecule has 0 aromatic heterocycles. The largest absolute Gasteiger partial charge is 0.240 e. The first kappa shape index (κ1) is 56.2. The maximum absolute atomic E-state index is 15.8. The number of hydrogen-bond donors (Lipinski definition) is 0. The Morgan fingerprint density at radius 3 is 1.26 bits per heavy atom. The molecule has 5 aromatic carbocycles. The van der Waals surface area contributed by atoms with E-state index in [1.54, 1.807) is 0 Å². The zero-order chi connectivity index (χ0) is 57.1. The highest BCUT2D eigenvalue weighted by atomic mass is 19.2. The van der Waals surface area contributed by atoms with Crippen molar-refractivity contribution in [3.8, 4) is 33.4 Å². The molecule has 29 heteroatoms. The van der Waals surface area contributed by atoms with Crippen LogP contribution in [-0.2, 0) is 12.8 Å². The van der Waals surface area contributed by atoms with E-state index >= 15 is 87.8 Å². The predicted molar refractivity (Wildman–Crippen MR) is 205 cm³/mol. The molecule has 0 N–H and O–H groups in total. The summed E-state index contributed by atoms with van der Waals surface area (Å²) in [5.74, 6) is -83.7. The molecule has 0 bridgehead atoms. The Bertz CT molecular complexity index is 3600. The maximum atomic E-state index is 15.8. The van der Waals surface area contributed by atoms with Crippen LogP contribution in [0.4, 0.5) is 127 Å². The molecule has 0 saturated heterocycles. The van der Waals surface area contributed by atoms with E-state index in [-0.39, 0.29) is 6.92 Å². The summed E-state index contributed by atoms with van der Waals surface area (Å²) in [6.07, 6.45) is -10.3. The minimum Gasteiger partial charge on any atom is -0.240 e. The highest BCUT2D eigenvalue weighted by Gasteiger charge is 2.42. The number of allylic oxidation sites excluding steroid dienone is 9. The van der Waals surface area contributed by atoms with Gasteiger partial charge in [0.1, 0.15) is 52.8 Å². The second-order valence-electron chi connectivity index (χ2n) is 15.6. The Kier molecular flexibility index (Phi) is 14.7. The van der Waals surface area contributed by atoms with Gasteiger partial charge in [0.05, 0.1) is 62.1 Å². The molecule has 76 heavy (non-hydrogen) atoms. The van der Waals surface area contributed by atoms with Crippen molar-refractivity contribution in [3.63, 3.8) is 0 Å². The summed E-state index contributed by atoms with van der Waals surface area (Å²) in [5, 5.41) is 0. The van der Waals surface area contributed by atoms with Gasteiger partial charge in [-0.25, -0.2) is 127 Å². The van der Waals surface area contributed by atoms with Crippen LogP contribution in [0.5, 0.6) is 0 Å². The minimum absolute atomic E-state index is 0.00506. The van der Waals surface area contributed by atoms with Crippen LogP contribution >= 0.6 is 0 Å². The highest BCUT2D eigenvalue weighted by Crippen LogP contribution is 2.50. The van der Waals surface area contributed by atoms with E-state index in [2.05, 4.69) is 0 Å². The topological polar surface area (TPSA) is 0 Å². The number of alkyl halides is 1. The fourth-order valence-corrected chi connectivity index (χ4v) is 7.78. The summed E-state index contributed by atoms with van der Waals surface area (Å²) in [7, 11) is 0. The molecular formula is C47H11F29. The normalized spacial score (nSPS) is 15.3. The minimum atomic E-state index is -3.45. The molecule has 1 atom stereocenters. The molecule has 0 heterocycles. The van der Waals surface area contributed by atoms with Crippen LogP contribution in [0.15, 0.2) is 52.7 Å². The van der Waals surface area contributed by atoms with Crippen molar-refractivity contribution in [1.29, 1.82) is 0 Å². The lowest BCUT2D eigenvalue weighted by Gasteiger charge is -2.18. The van der Waals surface area contributed by atoms with Gasteiger partial charge in [0.2, 0.25) is 0 Å². The number of rotatable bonds is 8. The Morgan fingerprint density at radius 1 is 0.382 bits per heavy atom. The summed E-state index contributed by atoms with van der Waals surface area (Å²) in [5.41, 5.74) is -33.5. The molecule has 0 saturated carbocycles. The third kappa shape index (κ3) is 8.38. The van der Waals surface area contributed by atoms with E-state index in [9.17, 15) is 39.5 Å². The molecule has 0 radical (unpaired) electrons. The van der Waals surface area contributed by atoms with E-state index in [1.165, 1.54) is 0 Å². The average Bonchev–Trinajstić information content (AvgIpc) is 3.52. The second-order valence-corrected chi connectivity index (χ2v) is 15.6. The summed E-state index contributed by atoms with van der Waals surface area (Å²) in [4.78, 5) is 0. The fraction of sp³-hybridized carbons (Fsp3) is 0.106. The highest BCUT2D eigenvalue weighted by molar-refractivity contribution is 5.87. The molecule has 2 aliphatic rings. The molecule has 1 unspecified atom stereocenters. The zero-order valence-electron chi connectivity index (χ0n) is 35.7. The third-order valence-corrected chi connectivity index (χ3v) is 11.3. The molecule has 0 fully saturated rings. The van der Waals surface area contributed by atoms with Gasteiger partial charge in [0.25, 0.3) is 0 Å². The SMILES string of the molecule is CC(F)/C(F)=C(\C(F)=C(\F)Cc1c(F)c(F)c(-c2c(F)c(F)c(-c3cc(F)c(-c4c(F)c(F)c5c(c4F)CC(F)=C(F)C(F)=C5F)c(F)c3F)c(F)c2F)c(F)c1F)c1c(F)c(F)c2c(c1F)C(F)=C(F)CC(F)=C2F. The van der Waals surface area contributed by atoms with Gasteiger partial charge < -0.3 is 0 Å². The van der Waals surface area contributed by atoms with E-state index in [0.717, 1.165) is 0 Å². The van der Waals surface area contributed by atoms with Crippen LogP contribution in [-0.4, -0.2) is 6.17 Å². The second kappa shape index (κ2) is 19.9. The van der Waals surface area contributed by atoms with Crippen molar-refractivity contribution in [2.24, 2.45) is 0 Å². The van der Waals surface area contributed by atoms with Crippen molar-refractivity contribution in [2.45, 2.75) is 32.4 Å². The van der Waals surface area contributed by atoms with Gasteiger partial charge in [-0.05, 0) is 13.0 Å². The monoisotopic (exact) mass is 1130 g/mol. The zero-order valence-corrected chi connectivity index (χ0v) is 35.7. The van der Waals surface area contributed by atoms with Gasteiger partial charge in [0.15, 0.2) is 116 Å². The average molecular weight is 1130 g/mol. The van der Waals surface area contributed by atoms with Crippen molar-refractivity contribution < 1.29 is 127 Å². The summed E-state index contributed by atoms with van der Waals surface area (Å²) < 4.78 is 438. The molecule has 0 aliphatic heterocycles. The Hall–Kier alpha value is -7.49. The molecule has 0 amide bonds. The van der Waals surface area contributed by atoms with Crippen LogP contribution in [0.2, 0.25) is 0 Å². The number of benzene rings is 5. The van der Waals surface area contributed by atoms with Gasteiger partial charge in [-0.15, -0.1) is 0 Å². The first-order chi connectivity index (χ1) is 35.3. The first-order valence-electron chi connectivity index (χ1n) is 19.8. The lowest BCUT2D eigenvalue weighted by Crippen LogP contribution is -2.13. The van der Waals surface area contributed by atoms with Crippen LogP contribution in [0, 0.1) is 98.9 Å². The molecule has 0 spiro atoms. The molecule has 2 aliphatic carbocycles. The van der Waals surface area contributed by atoms with Gasteiger partial charge in [-0.2, -0.15) is 0 Å². The number of halogens is 29. The van der Waals surface area contributed by atoms with Crippen LogP contribution in [0.3, 0.4) is 0 Å². The third-order valence-electron chi connectivity index (χ3n) is 11.3. The Labute approximate surface area is 401 Å². The molecular weight excluding hydrogens is 1120 g/mol. The number of hydrogen-bond acceptors (Lipinski definition) is 0. The lowest BCUT2D eigenvalue weighted by molar-refractivity contribution is 0.349. The quantitative estimate of drug-likeness (QED) is 0.0825. The van der Waals surface area contributed by atoms with E-state index in [4.69, 9.17) is 0 Å². The van der Waals surface area contributed by atoms with Gasteiger partial charge in [0, 0.05) is 29.5 Å². The number of fused-ring (bicyclic) bond motifs is 2. The Morgan fingerprint density at radius 2 is 0.776 bits per heavy atom. The first-order valence-corrected chi connectivity index (χ1v) is 19.8.